The monoisotopic (exact) mass is 436 g/mol. The molecular weight excluding hydrogens is 420 g/mol. The van der Waals surface area contributed by atoms with Crippen LogP contribution in [0.5, 0.6) is 11.5 Å². The van der Waals surface area contributed by atoms with E-state index in [-0.39, 0.29) is 22.9 Å². The number of hydrogen-bond donors (Lipinski definition) is 0. The van der Waals surface area contributed by atoms with Crippen LogP contribution in [-0.2, 0) is 0 Å². The van der Waals surface area contributed by atoms with Crippen LogP contribution >= 0.6 is 11.3 Å². The molecule has 31 heavy (non-hydrogen) atoms. The first kappa shape index (κ1) is 20.3. The van der Waals surface area contributed by atoms with Crippen LogP contribution in [0, 0.1) is 20.2 Å². The molecule has 0 aliphatic carbocycles. The number of benzene rings is 3. The first-order valence-electron chi connectivity index (χ1n) is 9.11. The Labute approximate surface area is 180 Å². The van der Waals surface area contributed by atoms with E-state index < -0.39 is 9.85 Å². The van der Waals surface area contributed by atoms with Gasteiger partial charge in [-0.15, -0.1) is 11.3 Å². The van der Waals surface area contributed by atoms with Crippen LogP contribution < -0.4 is 9.47 Å². The van der Waals surface area contributed by atoms with Crippen molar-refractivity contribution in [3.8, 4) is 32.4 Å². The van der Waals surface area contributed by atoms with Crippen LogP contribution in [0.2, 0.25) is 0 Å². The van der Waals surface area contributed by atoms with Gasteiger partial charge in [0.2, 0.25) is 0 Å². The van der Waals surface area contributed by atoms with Gasteiger partial charge in [-0.3, -0.25) is 20.2 Å². The van der Waals surface area contributed by atoms with E-state index in [4.69, 9.17) is 9.47 Å². The maximum Gasteiger partial charge on any atom is 0.311 e. The van der Waals surface area contributed by atoms with E-state index in [1.54, 1.807) is 24.3 Å². The van der Waals surface area contributed by atoms with E-state index >= 15 is 0 Å². The second-order valence-electron chi connectivity index (χ2n) is 6.59. The molecule has 0 spiro atoms. The molecule has 8 nitrogen and oxygen atoms in total. The highest BCUT2D eigenvalue weighted by Gasteiger charge is 2.22. The van der Waals surface area contributed by atoms with E-state index in [2.05, 4.69) is 0 Å². The van der Waals surface area contributed by atoms with Crippen molar-refractivity contribution in [1.82, 2.24) is 0 Å². The zero-order valence-electron chi connectivity index (χ0n) is 16.5. The number of nitro groups is 2. The number of fused-ring (bicyclic) bond motifs is 1. The van der Waals surface area contributed by atoms with Gasteiger partial charge in [0.15, 0.2) is 11.5 Å². The van der Waals surface area contributed by atoms with Crippen molar-refractivity contribution in [2.24, 2.45) is 0 Å². The Morgan fingerprint density at radius 3 is 1.48 bits per heavy atom. The molecule has 0 amide bonds. The Morgan fingerprint density at radius 2 is 1.13 bits per heavy atom. The van der Waals surface area contributed by atoms with Crippen LogP contribution in [0.25, 0.3) is 31.7 Å². The summed E-state index contributed by atoms with van der Waals surface area (Å²) < 4.78 is 10.2. The summed E-state index contributed by atoms with van der Waals surface area (Å²) in [7, 11) is 2.77. The average molecular weight is 436 g/mol. The standard InChI is InChI=1S/C22H16N2O6S/c1-29-19-9-7-13(11-17(19)23(25)26)21-15-5-3-4-6-16(15)22(31-21)14-8-10-20(30-2)18(12-14)24(27)28/h3-12H,1-2H3. The molecule has 0 unspecified atom stereocenters. The fourth-order valence-electron chi connectivity index (χ4n) is 3.47. The molecule has 0 saturated carbocycles. The van der Waals surface area contributed by atoms with Gasteiger partial charge >= 0.3 is 11.4 Å². The van der Waals surface area contributed by atoms with Gasteiger partial charge in [0, 0.05) is 32.7 Å². The highest BCUT2D eigenvalue weighted by atomic mass is 32.1. The molecular formula is C22H16N2O6S. The van der Waals surface area contributed by atoms with Crippen LogP contribution in [-0.4, -0.2) is 24.1 Å². The molecule has 4 rings (SSSR count). The number of thiophene rings is 1. The number of nitrogens with zero attached hydrogens (tertiary/aromatic N) is 2. The highest BCUT2D eigenvalue weighted by molar-refractivity contribution is 7.21. The molecule has 0 fully saturated rings. The molecule has 3 aromatic carbocycles. The minimum atomic E-state index is -0.480. The largest absolute Gasteiger partial charge is 0.490 e. The molecule has 1 heterocycles. The average Bonchev–Trinajstić information content (AvgIpc) is 3.17. The highest BCUT2D eigenvalue weighted by Crippen LogP contribution is 2.46. The zero-order valence-corrected chi connectivity index (χ0v) is 17.3. The Kier molecular flexibility index (Phi) is 5.26. The number of hydrogen-bond acceptors (Lipinski definition) is 7. The predicted octanol–water partition coefficient (Wildman–Crippen LogP) is 6.07. The lowest BCUT2D eigenvalue weighted by Crippen LogP contribution is -1.93. The first-order valence-corrected chi connectivity index (χ1v) is 9.93. The minimum absolute atomic E-state index is 0.126. The molecule has 0 radical (unpaired) electrons. The molecule has 4 aromatic rings. The van der Waals surface area contributed by atoms with Crippen molar-refractivity contribution in [3.05, 3.63) is 80.9 Å². The molecule has 0 saturated heterocycles. The molecule has 1 aromatic heterocycles. The maximum absolute atomic E-state index is 11.5. The molecule has 0 aliphatic rings. The molecule has 0 atom stereocenters. The van der Waals surface area contributed by atoms with Crippen molar-refractivity contribution in [2.45, 2.75) is 0 Å². The summed E-state index contributed by atoms with van der Waals surface area (Å²) in [6.45, 7) is 0. The van der Waals surface area contributed by atoms with Gasteiger partial charge in [0.05, 0.1) is 24.1 Å². The summed E-state index contributed by atoms with van der Waals surface area (Å²) in [6, 6.07) is 17.3. The van der Waals surface area contributed by atoms with Crippen molar-refractivity contribution in [3.63, 3.8) is 0 Å². The SMILES string of the molecule is COc1ccc(-c2sc(-c3ccc(OC)c([N+](=O)[O-])c3)c3ccccc23)cc1[N+](=O)[O-]. The lowest BCUT2D eigenvalue weighted by Gasteiger charge is -2.04. The third kappa shape index (κ3) is 3.55. The quantitative estimate of drug-likeness (QED) is 0.268. The van der Waals surface area contributed by atoms with Crippen LogP contribution in [0.3, 0.4) is 0 Å². The number of rotatable bonds is 6. The Morgan fingerprint density at radius 1 is 0.710 bits per heavy atom. The summed E-state index contributed by atoms with van der Waals surface area (Å²) in [5.74, 6) is 0.362. The Balaban J connectivity index is 1.94. The maximum atomic E-state index is 11.5. The van der Waals surface area contributed by atoms with Crippen molar-refractivity contribution in [1.29, 1.82) is 0 Å². The number of ether oxygens (including phenoxy) is 2. The Bertz CT molecular complexity index is 1230. The normalized spacial score (nSPS) is 10.8. The Hall–Kier alpha value is -3.98. The van der Waals surface area contributed by atoms with Gasteiger partial charge in [-0.1, -0.05) is 24.3 Å². The fraction of sp³-hybridized carbons (Fsp3) is 0.0909. The summed E-state index contributed by atoms with van der Waals surface area (Å²) >= 11 is 1.42. The summed E-state index contributed by atoms with van der Waals surface area (Å²) in [5.41, 5.74) is 1.09. The van der Waals surface area contributed by atoms with E-state index in [0.29, 0.717) is 11.1 Å². The minimum Gasteiger partial charge on any atom is -0.490 e. The summed E-state index contributed by atoms with van der Waals surface area (Å²) in [6.07, 6.45) is 0. The van der Waals surface area contributed by atoms with Gasteiger partial charge in [-0.2, -0.15) is 0 Å². The topological polar surface area (TPSA) is 105 Å². The van der Waals surface area contributed by atoms with E-state index in [0.717, 1.165) is 20.5 Å². The third-order valence-corrected chi connectivity index (χ3v) is 6.22. The molecule has 156 valence electrons. The van der Waals surface area contributed by atoms with Crippen molar-refractivity contribution < 1.29 is 19.3 Å². The third-order valence-electron chi connectivity index (χ3n) is 4.90. The predicted molar refractivity (Wildman–Crippen MR) is 119 cm³/mol. The summed E-state index contributed by atoms with van der Waals surface area (Å²) in [4.78, 5) is 23.6. The molecule has 0 bridgehead atoms. The number of nitro benzene ring substituents is 2. The number of methoxy groups -OCH3 is 2. The van der Waals surface area contributed by atoms with E-state index in [9.17, 15) is 20.2 Å². The molecule has 9 heteroatoms. The van der Waals surface area contributed by atoms with E-state index in [1.165, 1.54) is 37.7 Å². The lowest BCUT2D eigenvalue weighted by atomic mass is 10.0. The van der Waals surface area contributed by atoms with E-state index in [1.807, 2.05) is 24.3 Å². The smallest absolute Gasteiger partial charge is 0.311 e. The first-order chi connectivity index (χ1) is 14.9. The zero-order chi connectivity index (χ0) is 22.1. The van der Waals surface area contributed by atoms with Gasteiger partial charge < -0.3 is 9.47 Å². The van der Waals surface area contributed by atoms with Gasteiger partial charge in [0.25, 0.3) is 0 Å². The van der Waals surface area contributed by atoms with Crippen molar-refractivity contribution >= 4 is 33.5 Å². The second kappa shape index (κ2) is 8.04. The van der Waals surface area contributed by atoms with Crippen molar-refractivity contribution in [2.75, 3.05) is 14.2 Å². The summed E-state index contributed by atoms with van der Waals surface area (Å²) in [5, 5.41) is 24.7. The van der Waals surface area contributed by atoms with Gasteiger partial charge in [-0.05, 0) is 35.4 Å². The molecule has 0 aliphatic heterocycles. The lowest BCUT2D eigenvalue weighted by molar-refractivity contribution is -0.385. The van der Waals surface area contributed by atoms with Gasteiger partial charge in [-0.25, -0.2) is 0 Å². The van der Waals surface area contributed by atoms with Gasteiger partial charge in [0.1, 0.15) is 0 Å². The second-order valence-corrected chi connectivity index (χ2v) is 7.61. The van der Waals surface area contributed by atoms with Crippen LogP contribution in [0.4, 0.5) is 11.4 Å². The van der Waals surface area contributed by atoms with Crippen LogP contribution in [0.1, 0.15) is 0 Å². The molecule has 0 N–H and O–H groups in total. The van der Waals surface area contributed by atoms with Crippen LogP contribution in [0.15, 0.2) is 60.7 Å². The fourth-order valence-corrected chi connectivity index (χ4v) is 4.74.